The van der Waals surface area contributed by atoms with Gasteiger partial charge in [0.2, 0.25) is 5.91 Å². The fraction of sp³-hybridized carbons (Fsp3) is 0.917. The van der Waals surface area contributed by atoms with Gasteiger partial charge in [-0.1, -0.05) is 13.3 Å². The second-order valence-corrected chi connectivity index (χ2v) is 4.81. The van der Waals surface area contributed by atoms with Gasteiger partial charge in [0.25, 0.3) is 0 Å². The molecular formula is C12H24N2O. The number of nitrogens with one attached hydrogen (secondary N) is 1. The molecule has 0 bridgehead atoms. The predicted molar refractivity (Wildman–Crippen MR) is 62.4 cm³/mol. The first kappa shape index (κ1) is 12.5. The molecule has 1 saturated carbocycles. The maximum atomic E-state index is 11.8. The average molecular weight is 212 g/mol. The van der Waals surface area contributed by atoms with Crippen molar-refractivity contribution in [1.82, 2.24) is 5.32 Å². The van der Waals surface area contributed by atoms with E-state index in [1.165, 1.54) is 0 Å². The van der Waals surface area contributed by atoms with Crippen molar-refractivity contribution in [2.45, 2.75) is 64.5 Å². The summed E-state index contributed by atoms with van der Waals surface area (Å²) in [5, 5.41) is 3.09. The lowest BCUT2D eigenvalue weighted by Gasteiger charge is -2.26. The van der Waals surface area contributed by atoms with E-state index in [2.05, 4.69) is 19.2 Å². The van der Waals surface area contributed by atoms with Crippen LogP contribution in [0.1, 0.15) is 52.4 Å². The van der Waals surface area contributed by atoms with Crippen LogP contribution in [0.4, 0.5) is 0 Å². The van der Waals surface area contributed by atoms with E-state index in [1.54, 1.807) is 0 Å². The molecule has 3 N–H and O–H groups in total. The molecule has 1 amide bonds. The summed E-state index contributed by atoms with van der Waals surface area (Å²) < 4.78 is 0. The second-order valence-electron chi connectivity index (χ2n) is 4.81. The van der Waals surface area contributed by atoms with E-state index in [4.69, 9.17) is 5.73 Å². The molecule has 3 heteroatoms. The Kier molecular flexibility index (Phi) is 5.09. The van der Waals surface area contributed by atoms with Crippen LogP contribution < -0.4 is 11.1 Å². The molecule has 0 radical (unpaired) electrons. The molecule has 0 aromatic carbocycles. The van der Waals surface area contributed by atoms with Crippen LogP contribution in [-0.4, -0.2) is 18.0 Å². The zero-order chi connectivity index (χ0) is 11.3. The Balaban J connectivity index is 2.27. The molecule has 1 aliphatic rings. The molecule has 88 valence electrons. The number of carbonyl (C=O) groups excluding carboxylic acids is 1. The molecule has 0 aromatic rings. The Morgan fingerprint density at radius 1 is 1.40 bits per heavy atom. The van der Waals surface area contributed by atoms with Crippen LogP contribution in [0.5, 0.6) is 0 Å². The van der Waals surface area contributed by atoms with Crippen LogP contribution in [0.3, 0.4) is 0 Å². The highest BCUT2D eigenvalue weighted by Gasteiger charge is 2.24. The second kappa shape index (κ2) is 6.11. The van der Waals surface area contributed by atoms with Gasteiger partial charge in [0.05, 0.1) is 0 Å². The van der Waals surface area contributed by atoms with Crippen LogP contribution in [0.25, 0.3) is 0 Å². The summed E-state index contributed by atoms with van der Waals surface area (Å²) in [4.78, 5) is 11.8. The summed E-state index contributed by atoms with van der Waals surface area (Å²) in [5.74, 6) is 0.451. The van der Waals surface area contributed by atoms with E-state index < -0.39 is 0 Å². The third-order valence-corrected chi connectivity index (χ3v) is 3.25. The molecule has 0 heterocycles. The molecule has 1 atom stereocenters. The lowest BCUT2D eigenvalue weighted by molar-refractivity contribution is -0.126. The van der Waals surface area contributed by atoms with E-state index in [0.717, 1.165) is 38.5 Å². The largest absolute Gasteiger partial charge is 0.353 e. The third kappa shape index (κ3) is 4.20. The molecule has 15 heavy (non-hydrogen) atoms. The van der Waals surface area contributed by atoms with E-state index in [9.17, 15) is 4.79 Å². The van der Waals surface area contributed by atoms with E-state index in [0.29, 0.717) is 12.1 Å². The SMILES string of the molecule is CCCC(C)NC(=O)C1CCC(N)CC1. The minimum absolute atomic E-state index is 0.212. The van der Waals surface area contributed by atoms with Crippen LogP contribution in [0.15, 0.2) is 0 Å². The number of hydrogen-bond donors (Lipinski definition) is 2. The Labute approximate surface area is 92.8 Å². The highest BCUT2D eigenvalue weighted by molar-refractivity contribution is 5.78. The number of carbonyl (C=O) groups is 1. The summed E-state index contributed by atoms with van der Waals surface area (Å²) in [7, 11) is 0. The molecule has 1 aliphatic carbocycles. The van der Waals surface area contributed by atoms with Gasteiger partial charge >= 0.3 is 0 Å². The normalized spacial score (nSPS) is 28.5. The van der Waals surface area contributed by atoms with Gasteiger partial charge in [-0.3, -0.25) is 4.79 Å². The third-order valence-electron chi connectivity index (χ3n) is 3.25. The molecule has 0 aliphatic heterocycles. The van der Waals surface area contributed by atoms with Crippen molar-refractivity contribution in [3.05, 3.63) is 0 Å². The smallest absolute Gasteiger partial charge is 0.223 e. The van der Waals surface area contributed by atoms with Gasteiger partial charge in [-0.05, 0) is 39.0 Å². The average Bonchev–Trinajstić information content (AvgIpc) is 2.18. The first-order chi connectivity index (χ1) is 7.13. The number of nitrogens with two attached hydrogens (primary N) is 1. The number of rotatable bonds is 4. The Hall–Kier alpha value is -0.570. The standard InChI is InChI=1S/C12H24N2O/c1-3-4-9(2)14-12(15)10-5-7-11(13)8-6-10/h9-11H,3-8,13H2,1-2H3,(H,14,15). The van der Waals surface area contributed by atoms with E-state index in [-0.39, 0.29) is 11.8 Å². The quantitative estimate of drug-likeness (QED) is 0.746. The van der Waals surface area contributed by atoms with E-state index >= 15 is 0 Å². The summed E-state index contributed by atoms with van der Waals surface area (Å²) in [6, 6.07) is 0.639. The van der Waals surface area contributed by atoms with Crippen LogP contribution >= 0.6 is 0 Å². The van der Waals surface area contributed by atoms with Crippen LogP contribution in [-0.2, 0) is 4.79 Å². The van der Waals surface area contributed by atoms with Crippen LogP contribution in [0, 0.1) is 5.92 Å². The summed E-state index contributed by atoms with van der Waals surface area (Å²) >= 11 is 0. The van der Waals surface area contributed by atoms with Gasteiger partial charge in [-0.15, -0.1) is 0 Å². The Bertz CT molecular complexity index is 198. The predicted octanol–water partition coefficient (Wildman–Crippen LogP) is 1.81. The molecule has 3 nitrogen and oxygen atoms in total. The Morgan fingerprint density at radius 2 is 2.00 bits per heavy atom. The maximum Gasteiger partial charge on any atom is 0.223 e. The van der Waals surface area contributed by atoms with Crippen molar-refractivity contribution in [1.29, 1.82) is 0 Å². The van der Waals surface area contributed by atoms with Gasteiger partial charge in [0, 0.05) is 18.0 Å². The van der Waals surface area contributed by atoms with Crippen molar-refractivity contribution in [3.8, 4) is 0 Å². The lowest BCUT2D eigenvalue weighted by atomic mass is 9.86. The molecule has 1 rings (SSSR count). The monoisotopic (exact) mass is 212 g/mol. The first-order valence-electron chi connectivity index (χ1n) is 6.19. The molecular weight excluding hydrogens is 188 g/mol. The Morgan fingerprint density at radius 3 is 2.53 bits per heavy atom. The molecule has 0 spiro atoms. The number of amides is 1. The summed E-state index contributed by atoms with van der Waals surface area (Å²) in [5.41, 5.74) is 5.81. The minimum Gasteiger partial charge on any atom is -0.353 e. The highest BCUT2D eigenvalue weighted by atomic mass is 16.1. The van der Waals surface area contributed by atoms with E-state index in [1.807, 2.05) is 0 Å². The molecule has 0 aromatic heterocycles. The van der Waals surface area contributed by atoms with Gasteiger partial charge in [-0.25, -0.2) is 0 Å². The van der Waals surface area contributed by atoms with Gasteiger partial charge in [0.15, 0.2) is 0 Å². The topological polar surface area (TPSA) is 55.1 Å². The van der Waals surface area contributed by atoms with Gasteiger partial charge in [0.1, 0.15) is 0 Å². The van der Waals surface area contributed by atoms with Crippen molar-refractivity contribution in [3.63, 3.8) is 0 Å². The fourth-order valence-corrected chi connectivity index (χ4v) is 2.25. The molecule has 1 unspecified atom stereocenters. The van der Waals surface area contributed by atoms with Crippen LogP contribution in [0.2, 0.25) is 0 Å². The fourth-order valence-electron chi connectivity index (χ4n) is 2.25. The zero-order valence-electron chi connectivity index (χ0n) is 9.96. The van der Waals surface area contributed by atoms with Crippen molar-refractivity contribution < 1.29 is 4.79 Å². The first-order valence-corrected chi connectivity index (χ1v) is 6.19. The maximum absolute atomic E-state index is 11.8. The van der Waals surface area contributed by atoms with Crippen molar-refractivity contribution in [2.24, 2.45) is 11.7 Å². The summed E-state index contributed by atoms with van der Waals surface area (Å²) in [6.45, 7) is 4.22. The van der Waals surface area contributed by atoms with Gasteiger partial charge in [-0.2, -0.15) is 0 Å². The van der Waals surface area contributed by atoms with Gasteiger partial charge < -0.3 is 11.1 Å². The summed E-state index contributed by atoms with van der Waals surface area (Å²) in [6.07, 6.45) is 6.12. The highest BCUT2D eigenvalue weighted by Crippen LogP contribution is 2.23. The molecule has 1 fully saturated rings. The minimum atomic E-state index is 0.212. The number of hydrogen-bond acceptors (Lipinski definition) is 2. The zero-order valence-corrected chi connectivity index (χ0v) is 9.96. The van der Waals surface area contributed by atoms with Crippen molar-refractivity contribution in [2.75, 3.05) is 0 Å². The lowest BCUT2D eigenvalue weighted by Crippen LogP contribution is -2.40. The molecule has 0 saturated heterocycles. The van der Waals surface area contributed by atoms with Crippen molar-refractivity contribution >= 4 is 5.91 Å².